The molecule has 4 heteroatoms. The van der Waals surface area contributed by atoms with E-state index in [1.165, 1.54) is 0 Å². The van der Waals surface area contributed by atoms with E-state index in [2.05, 4.69) is 0 Å². The van der Waals surface area contributed by atoms with Crippen LogP contribution in [0.4, 0.5) is 0 Å². The molecule has 2 N–H and O–H groups in total. The summed E-state index contributed by atoms with van der Waals surface area (Å²) in [6.45, 7) is 5.87. The zero-order chi connectivity index (χ0) is 12.1. The molecule has 1 heterocycles. The second-order valence-corrected chi connectivity index (χ2v) is 5.71. The number of Topliss-reactive ketones (excluding diaryl/α,β-unsaturated/α-hetero) is 1. The van der Waals surface area contributed by atoms with E-state index in [1.807, 2.05) is 6.92 Å². The molecule has 1 saturated heterocycles. The average Bonchev–Trinajstić information content (AvgIpc) is 2.54. The first-order chi connectivity index (χ1) is 7.32. The van der Waals surface area contributed by atoms with Crippen LogP contribution in [0.2, 0.25) is 0 Å². The van der Waals surface area contributed by atoms with Gasteiger partial charge in [0.05, 0.1) is 6.04 Å². The van der Waals surface area contributed by atoms with E-state index in [4.69, 9.17) is 5.73 Å². The number of nitrogens with zero attached hydrogens (tertiary/aromatic N) is 1. The van der Waals surface area contributed by atoms with Crippen molar-refractivity contribution < 1.29 is 9.59 Å². The maximum absolute atomic E-state index is 11.7. The van der Waals surface area contributed by atoms with E-state index in [0.717, 1.165) is 12.8 Å². The number of ketones is 1. The van der Waals surface area contributed by atoms with Crippen molar-refractivity contribution in [3.8, 4) is 0 Å². The first-order valence-electron chi connectivity index (χ1n) is 5.88. The summed E-state index contributed by atoms with van der Waals surface area (Å²) in [7, 11) is 0. The van der Waals surface area contributed by atoms with Crippen molar-refractivity contribution in [1.82, 2.24) is 4.90 Å². The lowest BCUT2D eigenvalue weighted by Gasteiger charge is -2.27. The lowest BCUT2D eigenvalue weighted by atomic mass is 9.91. The van der Waals surface area contributed by atoms with Gasteiger partial charge in [-0.1, -0.05) is 0 Å². The Labute approximate surface area is 96.2 Å². The zero-order valence-electron chi connectivity index (χ0n) is 10.2. The highest BCUT2D eigenvalue weighted by Crippen LogP contribution is 2.46. The number of rotatable bonds is 1. The quantitative estimate of drug-likeness (QED) is 0.707. The Morgan fingerprint density at radius 3 is 2.44 bits per heavy atom. The first kappa shape index (κ1) is 11.6. The molecular weight excluding hydrogens is 204 g/mol. The Hall–Kier alpha value is -0.900. The molecule has 16 heavy (non-hydrogen) atoms. The molecule has 90 valence electrons. The van der Waals surface area contributed by atoms with Crippen molar-refractivity contribution >= 4 is 11.7 Å². The molecule has 4 atom stereocenters. The normalized spacial score (nSPS) is 42.2. The van der Waals surface area contributed by atoms with Crippen molar-refractivity contribution in [2.45, 2.75) is 45.2 Å². The highest BCUT2D eigenvalue weighted by molar-refractivity contribution is 5.87. The van der Waals surface area contributed by atoms with Crippen LogP contribution in [-0.4, -0.2) is 34.7 Å². The molecule has 2 rings (SSSR count). The highest BCUT2D eigenvalue weighted by atomic mass is 16.2. The van der Waals surface area contributed by atoms with Crippen molar-refractivity contribution in [2.24, 2.45) is 17.6 Å². The molecule has 0 aromatic rings. The Bertz CT molecular complexity index is 338. The molecule has 0 spiro atoms. The predicted molar refractivity (Wildman–Crippen MR) is 60.7 cm³/mol. The standard InChI is InChI=1S/C12H20N2O2/c1-7(15)11-10-5-12(3,13)4-9(10)6-14(11)8(2)16/h9-11H,4-6,13H2,1-3H3/t9-,10-,11+,12?/m0/s1. The summed E-state index contributed by atoms with van der Waals surface area (Å²) in [6, 6.07) is -0.229. The lowest BCUT2D eigenvalue weighted by molar-refractivity contribution is -0.136. The van der Waals surface area contributed by atoms with Gasteiger partial charge in [0.2, 0.25) is 5.91 Å². The summed E-state index contributed by atoms with van der Waals surface area (Å²) < 4.78 is 0. The van der Waals surface area contributed by atoms with E-state index in [0.29, 0.717) is 12.5 Å². The summed E-state index contributed by atoms with van der Waals surface area (Å²) in [6.07, 6.45) is 1.77. The van der Waals surface area contributed by atoms with Gasteiger partial charge in [-0.05, 0) is 38.5 Å². The number of hydrogen-bond acceptors (Lipinski definition) is 3. The highest BCUT2D eigenvalue weighted by Gasteiger charge is 2.52. The molecule has 0 bridgehead atoms. The topological polar surface area (TPSA) is 63.4 Å². The van der Waals surface area contributed by atoms with Crippen LogP contribution in [0.15, 0.2) is 0 Å². The van der Waals surface area contributed by atoms with Gasteiger partial charge in [-0.2, -0.15) is 0 Å². The minimum atomic E-state index is -0.229. The Morgan fingerprint density at radius 2 is 1.94 bits per heavy atom. The van der Waals surface area contributed by atoms with Crippen LogP contribution in [0.25, 0.3) is 0 Å². The molecule has 1 aliphatic carbocycles. The molecule has 4 nitrogen and oxygen atoms in total. The second kappa shape index (κ2) is 3.55. The van der Waals surface area contributed by atoms with E-state index in [1.54, 1.807) is 18.7 Å². The van der Waals surface area contributed by atoms with Crippen LogP contribution < -0.4 is 5.73 Å². The molecule has 2 fully saturated rings. The third-order valence-corrected chi connectivity index (χ3v) is 4.03. The third-order valence-electron chi connectivity index (χ3n) is 4.03. The number of carbonyl (C=O) groups is 2. The fourth-order valence-electron chi connectivity index (χ4n) is 3.55. The van der Waals surface area contributed by atoms with Crippen LogP contribution in [0.5, 0.6) is 0 Å². The van der Waals surface area contributed by atoms with Crippen molar-refractivity contribution in [3.63, 3.8) is 0 Å². The second-order valence-electron chi connectivity index (χ2n) is 5.71. The van der Waals surface area contributed by atoms with Crippen LogP contribution >= 0.6 is 0 Å². The van der Waals surface area contributed by atoms with Gasteiger partial charge in [0.15, 0.2) is 5.78 Å². The SMILES string of the molecule is CC(=O)[C@@H]1[C@H]2CC(C)(N)C[C@H]2CN1C(C)=O. The van der Waals surface area contributed by atoms with Gasteiger partial charge in [-0.15, -0.1) is 0 Å². The number of hydrogen-bond donors (Lipinski definition) is 1. The van der Waals surface area contributed by atoms with Gasteiger partial charge in [0, 0.05) is 19.0 Å². The van der Waals surface area contributed by atoms with Gasteiger partial charge in [0.1, 0.15) is 0 Å². The van der Waals surface area contributed by atoms with E-state index in [-0.39, 0.29) is 29.2 Å². The van der Waals surface area contributed by atoms with Gasteiger partial charge < -0.3 is 10.6 Å². The zero-order valence-corrected chi connectivity index (χ0v) is 10.2. The lowest BCUT2D eigenvalue weighted by Crippen LogP contribution is -2.44. The summed E-state index contributed by atoms with van der Waals surface area (Å²) >= 11 is 0. The van der Waals surface area contributed by atoms with Crippen LogP contribution in [0, 0.1) is 11.8 Å². The van der Waals surface area contributed by atoms with Crippen LogP contribution in [-0.2, 0) is 9.59 Å². The van der Waals surface area contributed by atoms with Crippen LogP contribution in [0.1, 0.15) is 33.6 Å². The molecule has 1 saturated carbocycles. The van der Waals surface area contributed by atoms with Gasteiger partial charge in [-0.3, -0.25) is 9.59 Å². The molecule has 2 aliphatic rings. The molecule has 0 radical (unpaired) electrons. The van der Waals surface area contributed by atoms with Crippen molar-refractivity contribution in [1.29, 1.82) is 0 Å². The summed E-state index contributed by atoms with van der Waals surface area (Å²) in [5.41, 5.74) is 5.98. The largest absolute Gasteiger partial charge is 0.332 e. The number of amides is 1. The Kier molecular flexibility index (Phi) is 2.57. The minimum Gasteiger partial charge on any atom is -0.332 e. The predicted octanol–water partition coefficient (Wildman–Crippen LogP) is 0.550. The number of likely N-dealkylation sites (tertiary alicyclic amines) is 1. The summed E-state index contributed by atoms with van der Waals surface area (Å²) in [5.74, 6) is 0.790. The number of carbonyl (C=O) groups excluding carboxylic acids is 2. The number of fused-ring (bicyclic) bond motifs is 1. The van der Waals surface area contributed by atoms with Gasteiger partial charge in [0.25, 0.3) is 0 Å². The maximum Gasteiger partial charge on any atom is 0.220 e. The minimum absolute atomic E-state index is 0.00771. The molecule has 1 unspecified atom stereocenters. The average molecular weight is 224 g/mol. The fourth-order valence-corrected chi connectivity index (χ4v) is 3.55. The Morgan fingerprint density at radius 1 is 1.31 bits per heavy atom. The molecule has 1 amide bonds. The maximum atomic E-state index is 11.7. The molecule has 1 aliphatic heterocycles. The molecule has 0 aromatic heterocycles. The van der Waals surface area contributed by atoms with Crippen molar-refractivity contribution in [2.75, 3.05) is 6.54 Å². The summed E-state index contributed by atoms with van der Waals surface area (Å²) in [5, 5.41) is 0. The van der Waals surface area contributed by atoms with Crippen LogP contribution in [0.3, 0.4) is 0 Å². The third kappa shape index (κ3) is 1.75. The van der Waals surface area contributed by atoms with Gasteiger partial charge in [-0.25, -0.2) is 0 Å². The molecular formula is C12H20N2O2. The van der Waals surface area contributed by atoms with Crippen molar-refractivity contribution in [3.05, 3.63) is 0 Å². The Balaban J connectivity index is 2.23. The summed E-state index contributed by atoms with van der Waals surface area (Å²) in [4.78, 5) is 24.9. The first-order valence-corrected chi connectivity index (χ1v) is 5.88. The monoisotopic (exact) mass is 224 g/mol. The van der Waals surface area contributed by atoms with E-state index >= 15 is 0 Å². The van der Waals surface area contributed by atoms with Gasteiger partial charge >= 0.3 is 0 Å². The molecule has 0 aromatic carbocycles. The van der Waals surface area contributed by atoms with E-state index < -0.39 is 0 Å². The van der Waals surface area contributed by atoms with E-state index in [9.17, 15) is 9.59 Å². The fraction of sp³-hybridized carbons (Fsp3) is 0.833. The smallest absolute Gasteiger partial charge is 0.220 e. The number of nitrogens with two attached hydrogens (primary N) is 1.